The lowest BCUT2D eigenvalue weighted by Crippen LogP contribution is -2.15. The predicted molar refractivity (Wildman–Crippen MR) is 94.8 cm³/mol. The van der Waals surface area contributed by atoms with Crippen LogP contribution in [0.4, 0.5) is 5.69 Å². The highest BCUT2D eigenvalue weighted by Gasteiger charge is 2.12. The number of benzene rings is 2. The number of nitro benzene ring substituents is 1. The molecule has 1 aliphatic heterocycles. The van der Waals surface area contributed by atoms with Gasteiger partial charge in [0.15, 0.2) is 11.5 Å². The molecule has 0 radical (unpaired) electrons. The van der Waals surface area contributed by atoms with Crippen molar-refractivity contribution in [3.05, 3.63) is 69.9 Å². The zero-order valence-electron chi connectivity index (χ0n) is 13.2. The fourth-order valence-electron chi connectivity index (χ4n) is 2.75. The first-order valence-corrected chi connectivity index (χ1v) is 7.82. The molecule has 0 atom stereocenters. The van der Waals surface area contributed by atoms with E-state index in [1.54, 1.807) is 24.3 Å². The van der Waals surface area contributed by atoms with Gasteiger partial charge in [0, 0.05) is 6.07 Å². The summed E-state index contributed by atoms with van der Waals surface area (Å²) in [5.74, 6) is 1.48. The third-order valence-electron chi connectivity index (χ3n) is 3.94. The van der Waals surface area contributed by atoms with Gasteiger partial charge in [0.05, 0.1) is 21.5 Å². The van der Waals surface area contributed by atoms with Crippen molar-refractivity contribution in [1.29, 1.82) is 0 Å². The van der Waals surface area contributed by atoms with Gasteiger partial charge in [0.2, 0.25) is 0 Å². The zero-order chi connectivity index (χ0) is 17.2. The minimum atomic E-state index is -0.394. The van der Waals surface area contributed by atoms with Crippen molar-refractivity contribution in [3.63, 3.8) is 0 Å². The lowest BCUT2D eigenvalue weighted by atomic mass is 10.1. The van der Waals surface area contributed by atoms with E-state index in [-0.39, 0.29) is 5.69 Å². The molecule has 2 heterocycles. The maximum atomic E-state index is 11.1. The molecular formula is C19H14N2O4. The summed E-state index contributed by atoms with van der Waals surface area (Å²) in [6, 6.07) is 14.1. The number of nitro groups is 1. The molecule has 0 bridgehead atoms. The molecule has 6 nitrogen and oxygen atoms in total. The largest absolute Gasteiger partial charge is 0.486 e. The molecule has 1 aromatic heterocycles. The van der Waals surface area contributed by atoms with Crippen molar-refractivity contribution in [2.45, 2.75) is 0 Å². The minimum Gasteiger partial charge on any atom is -0.486 e. The van der Waals surface area contributed by atoms with Crippen LogP contribution in [-0.4, -0.2) is 23.1 Å². The molecule has 0 saturated heterocycles. The van der Waals surface area contributed by atoms with E-state index in [2.05, 4.69) is 4.98 Å². The fraction of sp³-hybridized carbons (Fsp3) is 0.105. The molecule has 0 spiro atoms. The summed E-state index contributed by atoms with van der Waals surface area (Å²) in [6.07, 6.45) is 3.79. The highest BCUT2D eigenvalue weighted by atomic mass is 16.6. The molecule has 2 aromatic carbocycles. The second kappa shape index (κ2) is 6.24. The first-order valence-electron chi connectivity index (χ1n) is 7.82. The number of pyridine rings is 1. The molecule has 0 amide bonds. The number of hydrogen-bond acceptors (Lipinski definition) is 5. The SMILES string of the molecule is O=[N+]([O-])c1cccc2nc(/C=C/c3ccc4c(c3)OCCO4)ccc12. The van der Waals surface area contributed by atoms with Crippen molar-refractivity contribution in [2.75, 3.05) is 13.2 Å². The van der Waals surface area contributed by atoms with Crippen LogP contribution in [0.3, 0.4) is 0 Å². The Morgan fingerprint density at radius 1 is 1.00 bits per heavy atom. The van der Waals surface area contributed by atoms with Gasteiger partial charge in [-0.25, -0.2) is 4.98 Å². The summed E-state index contributed by atoms with van der Waals surface area (Å²) in [5, 5.41) is 11.6. The van der Waals surface area contributed by atoms with Crippen LogP contribution in [-0.2, 0) is 0 Å². The van der Waals surface area contributed by atoms with Gasteiger partial charge < -0.3 is 9.47 Å². The second-order valence-electron chi connectivity index (χ2n) is 5.57. The number of non-ortho nitro benzene ring substituents is 1. The molecule has 1 aliphatic rings. The zero-order valence-corrected chi connectivity index (χ0v) is 13.2. The van der Waals surface area contributed by atoms with Crippen molar-refractivity contribution < 1.29 is 14.4 Å². The number of ether oxygens (including phenoxy) is 2. The van der Waals surface area contributed by atoms with Crippen molar-refractivity contribution in [1.82, 2.24) is 4.98 Å². The predicted octanol–water partition coefficient (Wildman–Crippen LogP) is 4.08. The molecule has 3 aromatic rings. The molecule has 25 heavy (non-hydrogen) atoms. The molecule has 0 saturated carbocycles. The van der Waals surface area contributed by atoms with E-state index in [9.17, 15) is 10.1 Å². The summed E-state index contributed by atoms with van der Waals surface area (Å²) in [7, 11) is 0. The molecule has 124 valence electrons. The number of rotatable bonds is 3. The van der Waals surface area contributed by atoms with Crippen LogP contribution in [0.25, 0.3) is 23.1 Å². The van der Waals surface area contributed by atoms with Crippen LogP contribution in [0.5, 0.6) is 11.5 Å². The Kier molecular flexibility index (Phi) is 3.78. The highest BCUT2D eigenvalue weighted by Crippen LogP contribution is 2.31. The number of hydrogen-bond donors (Lipinski definition) is 0. The van der Waals surface area contributed by atoms with Gasteiger partial charge in [-0.05, 0) is 42.0 Å². The highest BCUT2D eigenvalue weighted by molar-refractivity contribution is 5.89. The standard InChI is InChI=1S/C19H14N2O4/c22-21(23)17-3-1-2-16-15(17)8-7-14(20-16)6-4-13-5-9-18-19(12-13)25-11-10-24-18/h1-9,12H,10-11H2/b6-4+. The Morgan fingerprint density at radius 3 is 2.68 bits per heavy atom. The smallest absolute Gasteiger partial charge is 0.278 e. The summed E-state index contributed by atoms with van der Waals surface area (Å²) in [6.45, 7) is 1.11. The monoisotopic (exact) mass is 334 g/mol. The van der Waals surface area contributed by atoms with Crippen molar-refractivity contribution in [2.24, 2.45) is 0 Å². The minimum absolute atomic E-state index is 0.0624. The molecule has 4 rings (SSSR count). The van der Waals surface area contributed by atoms with E-state index >= 15 is 0 Å². The molecule has 0 fully saturated rings. The maximum absolute atomic E-state index is 11.1. The lowest BCUT2D eigenvalue weighted by molar-refractivity contribution is -0.383. The summed E-state index contributed by atoms with van der Waals surface area (Å²) >= 11 is 0. The summed E-state index contributed by atoms with van der Waals surface area (Å²) in [4.78, 5) is 15.1. The molecule has 6 heteroatoms. The summed E-state index contributed by atoms with van der Waals surface area (Å²) < 4.78 is 11.1. The van der Waals surface area contributed by atoms with E-state index < -0.39 is 4.92 Å². The Labute approximate surface area is 143 Å². The molecular weight excluding hydrogens is 320 g/mol. The van der Waals surface area contributed by atoms with Crippen LogP contribution in [0.15, 0.2) is 48.5 Å². The first kappa shape index (κ1) is 15.1. The average Bonchev–Trinajstić information content (AvgIpc) is 2.65. The van der Waals surface area contributed by atoms with Gasteiger partial charge in [-0.15, -0.1) is 0 Å². The molecule has 0 aliphatic carbocycles. The number of aromatic nitrogens is 1. The summed E-state index contributed by atoms with van der Waals surface area (Å²) in [5.41, 5.74) is 2.35. The van der Waals surface area contributed by atoms with Crippen LogP contribution in [0.2, 0.25) is 0 Å². The number of fused-ring (bicyclic) bond motifs is 2. The quantitative estimate of drug-likeness (QED) is 0.533. The van der Waals surface area contributed by atoms with Crippen LogP contribution >= 0.6 is 0 Å². The first-order chi connectivity index (χ1) is 12.2. The third-order valence-corrected chi connectivity index (χ3v) is 3.94. The Bertz CT molecular complexity index is 998. The third kappa shape index (κ3) is 3.01. The van der Waals surface area contributed by atoms with Gasteiger partial charge >= 0.3 is 0 Å². The number of nitrogens with zero attached hydrogens (tertiary/aromatic N) is 2. The Hall–Kier alpha value is -3.41. The van der Waals surface area contributed by atoms with Crippen molar-refractivity contribution in [3.8, 4) is 11.5 Å². The van der Waals surface area contributed by atoms with E-state index in [1.165, 1.54) is 6.07 Å². The van der Waals surface area contributed by atoms with Gasteiger partial charge in [-0.2, -0.15) is 0 Å². The van der Waals surface area contributed by atoms with Gasteiger partial charge in [-0.1, -0.05) is 18.2 Å². The van der Waals surface area contributed by atoms with Gasteiger partial charge in [-0.3, -0.25) is 10.1 Å². The van der Waals surface area contributed by atoms with Crippen molar-refractivity contribution >= 4 is 28.7 Å². The van der Waals surface area contributed by atoms with E-state index in [0.29, 0.717) is 24.1 Å². The molecule has 0 unspecified atom stereocenters. The topological polar surface area (TPSA) is 74.5 Å². The Morgan fingerprint density at radius 2 is 1.84 bits per heavy atom. The normalized spacial score (nSPS) is 13.3. The average molecular weight is 334 g/mol. The van der Waals surface area contributed by atoms with E-state index in [1.807, 2.05) is 30.4 Å². The van der Waals surface area contributed by atoms with Crippen LogP contribution in [0, 0.1) is 10.1 Å². The second-order valence-corrected chi connectivity index (χ2v) is 5.57. The van der Waals surface area contributed by atoms with Gasteiger partial charge in [0.25, 0.3) is 5.69 Å². The fourth-order valence-corrected chi connectivity index (χ4v) is 2.75. The van der Waals surface area contributed by atoms with Gasteiger partial charge in [0.1, 0.15) is 13.2 Å². The molecule has 0 N–H and O–H groups in total. The Balaban J connectivity index is 1.64. The van der Waals surface area contributed by atoms with E-state index in [4.69, 9.17) is 9.47 Å². The van der Waals surface area contributed by atoms with Crippen LogP contribution in [0.1, 0.15) is 11.3 Å². The van der Waals surface area contributed by atoms with E-state index in [0.717, 1.165) is 22.8 Å². The maximum Gasteiger partial charge on any atom is 0.278 e. The van der Waals surface area contributed by atoms with Crippen LogP contribution < -0.4 is 9.47 Å². The lowest BCUT2D eigenvalue weighted by Gasteiger charge is -2.18.